The van der Waals surface area contributed by atoms with Crippen LogP contribution in [0, 0.1) is 11.7 Å². The third-order valence-corrected chi connectivity index (χ3v) is 6.05. The van der Waals surface area contributed by atoms with E-state index in [1.807, 2.05) is 29.3 Å². The van der Waals surface area contributed by atoms with Gasteiger partial charge in [0.25, 0.3) is 0 Å². The summed E-state index contributed by atoms with van der Waals surface area (Å²) in [5.41, 5.74) is 3.35. The predicted octanol–water partition coefficient (Wildman–Crippen LogP) is 4.36. The number of rotatable bonds is 7. The van der Waals surface area contributed by atoms with Gasteiger partial charge in [0.2, 0.25) is 5.91 Å². The molecular formula is C27H30FN3O. The summed E-state index contributed by atoms with van der Waals surface area (Å²) in [6.45, 7) is 4.15. The third kappa shape index (κ3) is 6.47. The van der Waals surface area contributed by atoms with Crippen molar-refractivity contribution in [3.8, 4) is 0 Å². The second-order valence-corrected chi connectivity index (χ2v) is 8.58. The Bertz CT molecular complexity index is 979. The SMILES string of the molecule is O=C(CCc1ccc(F)cc1)N1CCN(Cc2ccccc2)C[C@H](Cc2ccccn2)C1. The molecule has 4 rings (SSSR count). The quantitative estimate of drug-likeness (QED) is 0.558. The van der Waals surface area contributed by atoms with Crippen molar-refractivity contribution < 1.29 is 9.18 Å². The van der Waals surface area contributed by atoms with Gasteiger partial charge in [-0.05, 0) is 54.2 Å². The van der Waals surface area contributed by atoms with Crippen molar-refractivity contribution in [1.29, 1.82) is 0 Å². The zero-order valence-corrected chi connectivity index (χ0v) is 18.4. The Hall–Kier alpha value is -3.05. The summed E-state index contributed by atoms with van der Waals surface area (Å²) >= 11 is 0. The molecule has 0 N–H and O–H groups in total. The third-order valence-electron chi connectivity index (χ3n) is 6.05. The Kier molecular flexibility index (Phi) is 7.62. The molecule has 32 heavy (non-hydrogen) atoms. The average molecular weight is 432 g/mol. The summed E-state index contributed by atoms with van der Waals surface area (Å²) in [4.78, 5) is 22.1. The highest BCUT2D eigenvalue weighted by Crippen LogP contribution is 2.18. The van der Waals surface area contributed by atoms with Crippen molar-refractivity contribution in [2.24, 2.45) is 5.92 Å². The normalized spacial score (nSPS) is 17.2. The van der Waals surface area contributed by atoms with Gasteiger partial charge in [0.05, 0.1) is 0 Å². The first-order valence-corrected chi connectivity index (χ1v) is 11.3. The van der Waals surface area contributed by atoms with E-state index in [-0.39, 0.29) is 11.7 Å². The monoisotopic (exact) mass is 431 g/mol. The lowest BCUT2D eigenvalue weighted by Crippen LogP contribution is -2.36. The van der Waals surface area contributed by atoms with Crippen molar-refractivity contribution in [2.75, 3.05) is 26.2 Å². The number of carbonyl (C=O) groups is 1. The number of nitrogens with zero attached hydrogens (tertiary/aromatic N) is 3. The zero-order valence-electron chi connectivity index (χ0n) is 18.4. The number of halogens is 1. The molecule has 166 valence electrons. The van der Waals surface area contributed by atoms with Crippen LogP contribution in [0.2, 0.25) is 0 Å². The number of benzene rings is 2. The average Bonchev–Trinajstić information content (AvgIpc) is 3.02. The standard InChI is InChI=1S/C27H30FN3O/c28-25-12-9-22(10-13-25)11-14-27(32)31-17-16-30(19-23-6-2-1-3-7-23)20-24(21-31)18-26-8-4-5-15-29-26/h1-10,12-13,15,24H,11,14,16-21H2/t24-/m0/s1. The topological polar surface area (TPSA) is 36.4 Å². The Morgan fingerprint density at radius 1 is 0.906 bits per heavy atom. The van der Waals surface area contributed by atoms with Crippen LogP contribution in [0.1, 0.15) is 23.2 Å². The Morgan fingerprint density at radius 2 is 1.69 bits per heavy atom. The number of hydrogen-bond donors (Lipinski definition) is 0. The molecule has 1 aromatic heterocycles. The van der Waals surface area contributed by atoms with Crippen LogP contribution in [0.5, 0.6) is 0 Å². The maximum absolute atomic E-state index is 13.2. The molecule has 2 aromatic carbocycles. The van der Waals surface area contributed by atoms with Gasteiger partial charge >= 0.3 is 0 Å². The van der Waals surface area contributed by atoms with E-state index in [9.17, 15) is 9.18 Å². The summed E-state index contributed by atoms with van der Waals surface area (Å²) in [6, 6.07) is 22.9. The molecule has 1 atom stereocenters. The van der Waals surface area contributed by atoms with Gasteiger partial charge in [-0.1, -0.05) is 48.5 Å². The molecular weight excluding hydrogens is 401 g/mol. The van der Waals surface area contributed by atoms with Crippen LogP contribution in [0.4, 0.5) is 4.39 Å². The van der Waals surface area contributed by atoms with Gasteiger partial charge in [0.1, 0.15) is 5.82 Å². The maximum atomic E-state index is 13.2. The molecule has 1 aliphatic rings. The molecule has 2 heterocycles. The molecule has 0 radical (unpaired) electrons. The molecule has 1 fully saturated rings. The van der Waals surface area contributed by atoms with E-state index in [0.717, 1.165) is 50.4 Å². The number of aromatic nitrogens is 1. The van der Waals surface area contributed by atoms with Crippen molar-refractivity contribution in [1.82, 2.24) is 14.8 Å². The van der Waals surface area contributed by atoms with Crippen molar-refractivity contribution in [3.63, 3.8) is 0 Å². The molecule has 5 heteroatoms. The van der Waals surface area contributed by atoms with Crippen LogP contribution in [-0.2, 0) is 24.2 Å². The van der Waals surface area contributed by atoms with Gasteiger partial charge in [0.15, 0.2) is 0 Å². The second-order valence-electron chi connectivity index (χ2n) is 8.58. The smallest absolute Gasteiger partial charge is 0.222 e. The minimum absolute atomic E-state index is 0.168. The number of hydrogen-bond acceptors (Lipinski definition) is 3. The van der Waals surface area contributed by atoms with Gasteiger partial charge in [0, 0.05) is 51.0 Å². The molecule has 3 aromatic rings. The molecule has 0 bridgehead atoms. The predicted molar refractivity (Wildman–Crippen MR) is 124 cm³/mol. The van der Waals surface area contributed by atoms with Crippen LogP contribution >= 0.6 is 0 Å². The number of pyridine rings is 1. The van der Waals surface area contributed by atoms with Crippen molar-refractivity contribution in [2.45, 2.75) is 25.8 Å². The molecule has 0 spiro atoms. The largest absolute Gasteiger partial charge is 0.341 e. The maximum Gasteiger partial charge on any atom is 0.222 e. The summed E-state index contributed by atoms with van der Waals surface area (Å²) in [6.07, 6.45) is 3.77. The molecule has 1 saturated heterocycles. The number of aryl methyl sites for hydroxylation is 1. The fraction of sp³-hybridized carbons (Fsp3) is 0.333. The van der Waals surface area contributed by atoms with E-state index in [2.05, 4.69) is 40.2 Å². The zero-order chi connectivity index (χ0) is 22.2. The van der Waals surface area contributed by atoms with Crippen LogP contribution in [0.25, 0.3) is 0 Å². The lowest BCUT2D eigenvalue weighted by Gasteiger charge is -2.24. The van der Waals surface area contributed by atoms with Crippen LogP contribution < -0.4 is 0 Å². The fourth-order valence-electron chi connectivity index (χ4n) is 4.40. The Morgan fingerprint density at radius 3 is 2.44 bits per heavy atom. The minimum atomic E-state index is -0.247. The van der Waals surface area contributed by atoms with Crippen LogP contribution in [0.3, 0.4) is 0 Å². The summed E-state index contributed by atoms with van der Waals surface area (Å²) < 4.78 is 13.2. The van der Waals surface area contributed by atoms with Gasteiger partial charge in [-0.25, -0.2) is 4.39 Å². The van der Waals surface area contributed by atoms with Gasteiger partial charge < -0.3 is 4.90 Å². The molecule has 0 saturated carbocycles. The number of amides is 1. The van der Waals surface area contributed by atoms with E-state index < -0.39 is 0 Å². The molecule has 4 nitrogen and oxygen atoms in total. The Balaban J connectivity index is 1.42. The molecule has 0 aliphatic carbocycles. The molecule has 1 aliphatic heterocycles. The van der Waals surface area contributed by atoms with Gasteiger partial charge in [-0.2, -0.15) is 0 Å². The Labute approximate surface area is 189 Å². The molecule has 1 amide bonds. The lowest BCUT2D eigenvalue weighted by molar-refractivity contribution is -0.131. The highest BCUT2D eigenvalue weighted by molar-refractivity contribution is 5.76. The van der Waals surface area contributed by atoms with Crippen molar-refractivity contribution in [3.05, 3.63) is 102 Å². The second kappa shape index (κ2) is 11.0. The number of carbonyl (C=O) groups excluding carboxylic acids is 1. The van der Waals surface area contributed by atoms with Crippen LogP contribution in [0.15, 0.2) is 79.0 Å². The van der Waals surface area contributed by atoms with Crippen molar-refractivity contribution >= 4 is 5.91 Å². The molecule has 0 unspecified atom stereocenters. The highest BCUT2D eigenvalue weighted by atomic mass is 19.1. The summed E-state index contributed by atoms with van der Waals surface area (Å²) in [5, 5.41) is 0. The van der Waals surface area contributed by atoms with Gasteiger partial charge in [-0.15, -0.1) is 0 Å². The van der Waals surface area contributed by atoms with E-state index in [0.29, 0.717) is 18.8 Å². The highest BCUT2D eigenvalue weighted by Gasteiger charge is 2.26. The van der Waals surface area contributed by atoms with Crippen LogP contribution in [-0.4, -0.2) is 46.9 Å². The summed E-state index contributed by atoms with van der Waals surface area (Å²) in [7, 11) is 0. The fourth-order valence-corrected chi connectivity index (χ4v) is 4.40. The van der Waals surface area contributed by atoms with Gasteiger partial charge in [-0.3, -0.25) is 14.7 Å². The minimum Gasteiger partial charge on any atom is -0.341 e. The summed E-state index contributed by atoms with van der Waals surface area (Å²) in [5.74, 6) is 0.247. The van der Waals surface area contributed by atoms with E-state index in [1.54, 1.807) is 12.1 Å². The lowest BCUT2D eigenvalue weighted by atomic mass is 10.0. The van der Waals surface area contributed by atoms with E-state index >= 15 is 0 Å². The van der Waals surface area contributed by atoms with E-state index in [4.69, 9.17) is 0 Å². The first kappa shape index (κ1) is 22.2. The van der Waals surface area contributed by atoms with E-state index in [1.165, 1.54) is 17.7 Å². The first-order chi connectivity index (χ1) is 15.7. The first-order valence-electron chi connectivity index (χ1n) is 11.3.